The molecule has 0 aromatic carbocycles. The number of carbonyl (C=O) groups is 1. The van der Waals surface area contributed by atoms with E-state index in [1.807, 2.05) is 7.05 Å². The highest BCUT2D eigenvalue weighted by Crippen LogP contribution is 2.48. The van der Waals surface area contributed by atoms with Gasteiger partial charge in [0.05, 0.1) is 24.4 Å². The summed E-state index contributed by atoms with van der Waals surface area (Å²) in [6.07, 6.45) is 8.48. The lowest BCUT2D eigenvalue weighted by molar-refractivity contribution is -0.137. The fourth-order valence-electron chi connectivity index (χ4n) is 3.69. The number of hydrogen-bond donors (Lipinski definition) is 1. The molecule has 0 aliphatic heterocycles. The van der Waals surface area contributed by atoms with Crippen molar-refractivity contribution in [3.63, 3.8) is 0 Å². The van der Waals surface area contributed by atoms with Gasteiger partial charge < -0.3 is 10.6 Å². The van der Waals surface area contributed by atoms with Gasteiger partial charge in [0.25, 0.3) is 0 Å². The van der Waals surface area contributed by atoms with Crippen LogP contribution in [0.5, 0.6) is 0 Å². The third-order valence-electron chi connectivity index (χ3n) is 4.66. The van der Waals surface area contributed by atoms with Crippen LogP contribution in [0.3, 0.4) is 0 Å². The Labute approximate surface area is 113 Å². The van der Waals surface area contributed by atoms with Crippen LogP contribution in [0.2, 0.25) is 0 Å². The molecule has 19 heavy (non-hydrogen) atoms. The molecule has 5 heteroatoms. The highest BCUT2D eigenvalue weighted by atomic mass is 16.2. The van der Waals surface area contributed by atoms with E-state index in [1.165, 1.54) is 6.42 Å². The summed E-state index contributed by atoms with van der Waals surface area (Å²) in [6, 6.07) is 0.0514. The third-order valence-corrected chi connectivity index (χ3v) is 4.66. The van der Waals surface area contributed by atoms with Crippen molar-refractivity contribution in [1.82, 2.24) is 14.9 Å². The zero-order chi connectivity index (χ0) is 13.4. The molecule has 2 fully saturated rings. The summed E-state index contributed by atoms with van der Waals surface area (Å²) in [5.74, 6) is 1.24. The molecule has 2 aliphatic rings. The van der Waals surface area contributed by atoms with Crippen molar-refractivity contribution in [2.45, 2.75) is 31.8 Å². The molecule has 3 rings (SSSR count). The normalized spacial score (nSPS) is 32.5. The summed E-state index contributed by atoms with van der Waals surface area (Å²) in [6.45, 7) is 0.507. The first-order valence-corrected chi connectivity index (χ1v) is 6.92. The lowest BCUT2D eigenvalue weighted by Crippen LogP contribution is -2.45. The lowest BCUT2D eigenvalue weighted by Gasteiger charge is -2.30. The highest BCUT2D eigenvalue weighted by molar-refractivity contribution is 5.80. The lowest BCUT2D eigenvalue weighted by atomic mass is 9.84. The van der Waals surface area contributed by atoms with E-state index in [9.17, 15) is 4.79 Å². The van der Waals surface area contributed by atoms with Crippen LogP contribution in [-0.4, -0.2) is 33.9 Å². The van der Waals surface area contributed by atoms with Crippen LogP contribution in [-0.2, 0) is 11.3 Å². The molecule has 1 amide bonds. The fourth-order valence-corrected chi connectivity index (χ4v) is 3.69. The fraction of sp³-hybridized carbons (Fsp3) is 0.643. The maximum Gasteiger partial charge on any atom is 0.227 e. The molecular weight excluding hydrogens is 240 g/mol. The number of aromatic nitrogens is 2. The Kier molecular flexibility index (Phi) is 3.22. The van der Waals surface area contributed by atoms with E-state index in [0.29, 0.717) is 18.4 Å². The van der Waals surface area contributed by atoms with E-state index in [1.54, 1.807) is 23.5 Å². The average molecular weight is 260 g/mol. The Bertz CT molecular complexity index is 462. The van der Waals surface area contributed by atoms with Gasteiger partial charge >= 0.3 is 0 Å². The molecule has 1 aromatic heterocycles. The Morgan fingerprint density at radius 3 is 2.84 bits per heavy atom. The summed E-state index contributed by atoms with van der Waals surface area (Å²) in [4.78, 5) is 22.5. The molecule has 2 N–H and O–H groups in total. The van der Waals surface area contributed by atoms with Gasteiger partial charge in [0.2, 0.25) is 5.91 Å². The number of nitrogens with two attached hydrogens (primary N) is 1. The predicted molar refractivity (Wildman–Crippen MR) is 70.8 cm³/mol. The second-order valence-corrected chi connectivity index (χ2v) is 5.83. The molecule has 2 saturated carbocycles. The number of hydrogen-bond acceptors (Lipinski definition) is 4. The number of rotatable bonds is 3. The summed E-state index contributed by atoms with van der Waals surface area (Å²) >= 11 is 0. The van der Waals surface area contributed by atoms with Crippen LogP contribution in [0.4, 0.5) is 0 Å². The van der Waals surface area contributed by atoms with Crippen molar-refractivity contribution < 1.29 is 4.79 Å². The van der Waals surface area contributed by atoms with Crippen LogP contribution in [0.25, 0.3) is 0 Å². The highest BCUT2D eigenvalue weighted by Gasteiger charge is 2.49. The maximum absolute atomic E-state index is 12.5. The van der Waals surface area contributed by atoms with Crippen molar-refractivity contribution in [1.29, 1.82) is 0 Å². The Hall–Kier alpha value is -1.49. The van der Waals surface area contributed by atoms with Gasteiger partial charge in [-0.2, -0.15) is 0 Å². The van der Waals surface area contributed by atoms with Crippen molar-refractivity contribution >= 4 is 5.91 Å². The minimum absolute atomic E-state index is 0.0143. The van der Waals surface area contributed by atoms with Crippen molar-refractivity contribution in [3.8, 4) is 0 Å². The van der Waals surface area contributed by atoms with Gasteiger partial charge in [-0.05, 0) is 31.1 Å². The van der Waals surface area contributed by atoms with Gasteiger partial charge in [-0.15, -0.1) is 0 Å². The number of fused-ring (bicyclic) bond motifs is 2. The number of amides is 1. The molecule has 4 atom stereocenters. The van der Waals surface area contributed by atoms with E-state index in [2.05, 4.69) is 9.97 Å². The van der Waals surface area contributed by atoms with Gasteiger partial charge in [-0.3, -0.25) is 14.8 Å². The molecule has 4 unspecified atom stereocenters. The first kappa shape index (κ1) is 12.5. The molecule has 0 saturated heterocycles. The second-order valence-electron chi connectivity index (χ2n) is 5.83. The smallest absolute Gasteiger partial charge is 0.227 e. The third kappa shape index (κ3) is 2.23. The second kappa shape index (κ2) is 4.89. The average Bonchev–Trinajstić information content (AvgIpc) is 3.00. The van der Waals surface area contributed by atoms with E-state index < -0.39 is 0 Å². The molecule has 0 radical (unpaired) electrons. The quantitative estimate of drug-likeness (QED) is 0.873. The van der Waals surface area contributed by atoms with Crippen molar-refractivity contribution in [2.24, 2.45) is 23.5 Å². The standard InChI is InChI=1S/C14H20N4O/c1-18(8-11-7-16-4-5-17-11)14(19)12-9-2-3-10(6-9)13(12)15/h4-5,7,9-10,12-13H,2-3,6,8,15H2,1H3. The Balaban J connectivity index is 1.67. The van der Waals surface area contributed by atoms with Gasteiger partial charge in [0, 0.05) is 25.5 Å². The molecule has 1 heterocycles. The Morgan fingerprint density at radius 2 is 2.21 bits per heavy atom. The molecule has 102 valence electrons. The Morgan fingerprint density at radius 1 is 1.42 bits per heavy atom. The predicted octanol–water partition coefficient (Wildman–Crippen LogP) is 0.808. The molecule has 1 aromatic rings. The summed E-state index contributed by atoms with van der Waals surface area (Å²) < 4.78 is 0. The topological polar surface area (TPSA) is 72.1 Å². The minimum atomic E-state index is 0.0143. The summed E-state index contributed by atoms with van der Waals surface area (Å²) in [5.41, 5.74) is 7.04. The molecule has 5 nitrogen and oxygen atoms in total. The zero-order valence-corrected chi connectivity index (χ0v) is 11.2. The number of nitrogens with zero attached hydrogens (tertiary/aromatic N) is 3. The van der Waals surface area contributed by atoms with Crippen molar-refractivity contribution in [3.05, 3.63) is 24.3 Å². The van der Waals surface area contributed by atoms with Gasteiger partial charge in [0.1, 0.15) is 0 Å². The van der Waals surface area contributed by atoms with Crippen molar-refractivity contribution in [2.75, 3.05) is 7.05 Å². The first-order chi connectivity index (χ1) is 9.16. The number of carbonyl (C=O) groups excluding carboxylic acids is 1. The maximum atomic E-state index is 12.5. The minimum Gasteiger partial charge on any atom is -0.339 e. The van der Waals surface area contributed by atoms with Crippen LogP contribution in [0.15, 0.2) is 18.6 Å². The summed E-state index contributed by atoms with van der Waals surface area (Å²) in [7, 11) is 1.83. The van der Waals surface area contributed by atoms with Crippen LogP contribution < -0.4 is 5.73 Å². The monoisotopic (exact) mass is 260 g/mol. The van der Waals surface area contributed by atoms with Crippen LogP contribution >= 0.6 is 0 Å². The van der Waals surface area contributed by atoms with E-state index in [4.69, 9.17) is 5.73 Å². The van der Waals surface area contributed by atoms with E-state index in [-0.39, 0.29) is 17.9 Å². The van der Waals surface area contributed by atoms with E-state index in [0.717, 1.165) is 18.5 Å². The summed E-state index contributed by atoms with van der Waals surface area (Å²) in [5, 5.41) is 0. The molecule has 2 aliphatic carbocycles. The molecule has 2 bridgehead atoms. The zero-order valence-electron chi connectivity index (χ0n) is 11.2. The van der Waals surface area contributed by atoms with Gasteiger partial charge in [-0.1, -0.05) is 0 Å². The first-order valence-electron chi connectivity index (χ1n) is 6.92. The molecular formula is C14H20N4O. The SMILES string of the molecule is CN(Cc1cnccn1)C(=O)C1C2CCC(C2)C1N. The van der Waals surface area contributed by atoms with E-state index >= 15 is 0 Å². The van der Waals surface area contributed by atoms with Gasteiger partial charge in [-0.25, -0.2) is 0 Å². The van der Waals surface area contributed by atoms with Crippen LogP contribution in [0, 0.1) is 17.8 Å². The molecule has 0 spiro atoms. The van der Waals surface area contributed by atoms with Gasteiger partial charge in [0.15, 0.2) is 0 Å². The van der Waals surface area contributed by atoms with Crippen LogP contribution in [0.1, 0.15) is 25.0 Å². The largest absolute Gasteiger partial charge is 0.339 e.